The van der Waals surface area contributed by atoms with Crippen LogP contribution in [0.15, 0.2) is 54.6 Å². The van der Waals surface area contributed by atoms with Crippen LogP contribution in [0.2, 0.25) is 0 Å². The number of halogens is 1. The van der Waals surface area contributed by atoms with E-state index in [1.54, 1.807) is 12.1 Å². The molecule has 144 valence electrons. The molecule has 3 N–H and O–H groups in total. The topological polar surface area (TPSA) is 89.2 Å². The summed E-state index contributed by atoms with van der Waals surface area (Å²) in [5, 5.41) is 3.03. The Bertz CT molecular complexity index is 922. The second kappa shape index (κ2) is 8.28. The van der Waals surface area contributed by atoms with Crippen molar-refractivity contribution >= 4 is 17.6 Å². The third-order valence-corrected chi connectivity index (χ3v) is 4.49. The highest BCUT2D eigenvalue weighted by Crippen LogP contribution is 2.23. The van der Waals surface area contributed by atoms with Crippen molar-refractivity contribution in [2.75, 3.05) is 30.7 Å². The molecule has 28 heavy (non-hydrogen) atoms. The van der Waals surface area contributed by atoms with Crippen LogP contribution in [0.25, 0.3) is 0 Å². The monoisotopic (exact) mass is 380 g/mol. The summed E-state index contributed by atoms with van der Waals surface area (Å²) in [7, 11) is 0. The molecule has 1 saturated heterocycles. The third kappa shape index (κ3) is 4.59. The molecule has 0 spiro atoms. The first-order valence-electron chi connectivity index (χ1n) is 9.07. The maximum atomic E-state index is 13.1. The second-order valence-electron chi connectivity index (χ2n) is 6.57. The highest BCUT2D eigenvalue weighted by molar-refractivity contribution is 5.53. The standard InChI is InChI=1S/C20H21FN6O/c21-15-6-8-16(9-7-15)23-20-25-18(24-19(22)26-20)13-27-10-11-28-17(12-27)14-4-2-1-3-5-14/h1-9,17H,10-13H2,(H3,22,23,24,25,26)/t17-/m1/s1. The SMILES string of the molecule is Nc1nc(CN2CCO[C@@H](c3ccccc3)C2)nc(Nc2ccc(F)cc2)n1. The van der Waals surface area contributed by atoms with Crippen molar-refractivity contribution in [3.05, 3.63) is 71.8 Å². The number of hydrogen-bond acceptors (Lipinski definition) is 7. The van der Waals surface area contributed by atoms with E-state index in [1.807, 2.05) is 18.2 Å². The lowest BCUT2D eigenvalue weighted by molar-refractivity contribution is -0.0336. The molecule has 1 fully saturated rings. The molecular formula is C20H21FN6O. The number of nitrogens with one attached hydrogen (secondary N) is 1. The Labute approximate surface area is 162 Å². The first kappa shape index (κ1) is 18.3. The highest BCUT2D eigenvalue weighted by Gasteiger charge is 2.22. The lowest BCUT2D eigenvalue weighted by atomic mass is 10.1. The van der Waals surface area contributed by atoms with Gasteiger partial charge in [-0.1, -0.05) is 30.3 Å². The van der Waals surface area contributed by atoms with Gasteiger partial charge in [0.2, 0.25) is 11.9 Å². The van der Waals surface area contributed by atoms with Crippen molar-refractivity contribution in [2.24, 2.45) is 0 Å². The van der Waals surface area contributed by atoms with Gasteiger partial charge in [0.15, 0.2) is 0 Å². The molecule has 4 rings (SSSR count). The number of nitrogens with zero attached hydrogens (tertiary/aromatic N) is 4. The maximum Gasteiger partial charge on any atom is 0.232 e. The number of aromatic nitrogens is 3. The largest absolute Gasteiger partial charge is 0.371 e. The zero-order valence-electron chi connectivity index (χ0n) is 15.3. The fraction of sp³-hybridized carbons (Fsp3) is 0.250. The van der Waals surface area contributed by atoms with E-state index >= 15 is 0 Å². The van der Waals surface area contributed by atoms with Gasteiger partial charge in [-0.3, -0.25) is 4.90 Å². The van der Waals surface area contributed by atoms with Crippen LogP contribution in [0.3, 0.4) is 0 Å². The number of morpholine rings is 1. The summed E-state index contributed by atoms with van der Waals surface area (Å²) in [5.41, 5.74) is 7.68. The summed E-state index contributed by atoms with van der Waals surface area (Å²) in [6, 6.07) is 16.1. The van der Waals surface area contributed by atoms with E-state index in [0.717, 1.165) is 18.7 Å². The van der Waals surface area contributed by atoms with Gasteiger partial charge in [0, 0.05) is 18.8 Å². The van der Waals surface area contributed by atoms with E-state index in [4.69, 9.17) is 10.5 Å². The summed E-state index contributed by atoms with van der Waals surface area (Å²) in [4.78, 5) is 15.1. The van der Waals surface area contributed by atoms with Gasteiger partial charge >= 0.3 is 0 Å². The van der Waals surface area contributed by atoms with Gasteiger partial charge in [-0.25, -0.2) is 4.39 Å². The van der Waals surface area contributed by atoms with E-state index < -0.39 is 0 Å². The number of hydrogen-bond donors (Lipinski definition) is 2. The van der Waals surface area contributed by atoms with Gasteiger partial charge < -0.3 is 15.8 Å². The van der Waals surface area contributed by atoms with Gasteiger partial charge in [0.1, 0.15) is 11.6 Å². The average Bonchev–Trinajstić information content (AvgIpc) is 2.70. The van der Waals surface area contributed by atoms with Crippen molar-refractivity contribution in [3.63, 3.8) is 0 Å². The summed E-state index contributed by atoms with van der Waals surface area (Å²) < 4.78 is 19.0. The van der Waals surface area contributed by atoms with Gasteiger partial charge in [-0.2, -0.15) is 15.0 Å². The molecule has 7 nitrogen and oxygen atoms in total. The van der Waals surface area contributed by atoms with Gasteiger partial charge in [0.05, 0.1) is 19.3 Å². The number of rotatable bonds is 5. The van der Waals surface area contributed by atoms with Crippen LogP contribution >= 0.6 is 0 Å². The smallest absolute Gasteiger partial charge is 0.232 e. The minimum Gasteiger partial charge on any atom is -0.371 e. The molecule has 2 aromatic carbocycles. The number of nitrogens with two attached hydrogens (primary N) is 1. The van der Waals surface area contributed by atoms with Crippen molar-refractivity contribution in [3.8, 4) is 0 Å². The molecule has 1 aromatic heterocycles. The van der Waals surface area contributed by atoms with Crippen LogP contribution in [0, 0.1) is 5.82 Å². The minimum atomic E-state index is -0.304. The van der Waals surface area contributed by atoms with E-state index in [9.17, 15) is 4.39 Å². The summed E-state index contributed by atoms with van der Waals surface area (Å²) in [6.45, 7) is 2.71. The third-order valence-electron chi connectivity index (χ3n) is 4.49. The van der Waals surface area contributed by atoms with E-state index in [1.165, 1.54) is 12.1 Å². The molecule has 0 radical (unpaired) electrons. The number of benzene rings is 2. The molecule has 1 aliphatic heterocycles. The Morgan fingerprint density at radius 1 is 1.07 bits per heavy atom. The van der Waals surface area contributed by atoms with Crippen LogP contribution in [-0.2, 0) is 11.3 Å². The maximum absolute atomic E-state index is 13.1. The number of nitrogen functional groups attached to an aromatic ring is 1. The minimum absolute atomic E-state index is 0.0194. The molecule has 0 saturated carbocycles. The molecule has 2 heterocycles. The van der Waals surface area contributed by atoms with Crippen LogP contribution in [0.1, 0.15) is 17.5 Å². The molecule has 1 atom stereocenters. The van der Waals surface area contributed by atoms with Crippen molar-refractivity contribution in [1.82, 2.24) is 19.9 Å². The quantitative estimate of drug-likeness (QED) is 0.703. The zero-order valence-corrected chi connectivity index (χ0v) is 15.3. The van der Waals surface area contributed by atoms with Crippen LogP contribution in [0.5, 0.6) is 0 Å². The predicted octanol–water partition coefficient (Wildman–Crippen LogP) is 2.91. The Kier molecular flexibility index (Phi) is 5.41. The van der Waals surface area contributed by atoms with Crippen LogP contribution in [0.4, 0.5) is 22.0 Å². The van der Waals surface area contributed by atoms with Crippen molar-refractivity contribution in [2.45, 2.75) is 12.6 Å². The fourth-order valence-electron chi connectivity index (χ4n) is 3.14. The van der Waals surface area contributed by atoms with E-state index in [2.05, 4.69) is 37.3 Å². The highest BCUT2D eigenvalue weighted by atomic mass is 19.1. The van der Waals surface area contributed by atoms with Gasteiger partial charge in [-0.05, 0) is 29.8 Å². The summed E-state index contributed by atoms with van der Waals surface area (Å²) in [5.74, 6) is 0.747. The molecule has 3 aromatic rings. The number of ether oxygens (including phenoxy) is 1. The Balaban J connectivity index is 1.45. The molecule has 1 aliphatic rings. The van der Waals surface area contributed by atoms with Crippen LogP contribution < -0.4 is 11.1 Å². The van der Waals surface area contributed by atoms with Crippen LogP contribution in [-0.4, -0.2) is 39.5 Å². The summed E-state index contributed by atoms with van der Waals surface area (Å²) in [6.07, 6.45) is 0.0194. The van der Waals surface area contributed by atoms with Gasteiger partial charge in [0.25, 0.3) is 0 Å². The first-order valence-corrected chi connectivity index (χ1v) is 9.07. The van der Waals surface area contributed by atoms with Crippen molar-refractivity contribution in [1.29, 1.82) is 0 Å². The second-order valence-corrected chi connectivity index (χ2v) is 6.57. The molecule has 0 unspecified atom stereocenters. The Morgan fingerprint density at radius 3 is 2.64 bits per heavy atom. The fourth-order valence-corrected chi connectivity index (χ4v) is 3.14. The Morgan fingerprint density at radius 2 is 1.86 bits per heavy atom. The van der Waals surface area contributed by atoms with Crippen molar-refractivity contribution < 1.29 is 9.13 Å². The zero-order chi connectivity index (χ0) is 19.3. The summed E-state index contributed by atoms with van der Waals surface area (Å²) >= 11 is 0. The first-order chi connectivity index (χ1) is 13.7. The molecule has 0 aliphatic carbocycles. The molecule has 8 heteroatoms. The lowest BCUT2D eigenvalue weighted by Gasteiger charge is -2.32. The predicted molar refractivity (Wildman–Crippen MR) is 104 cm³/mol. The Hall–Kier alpha value is -3.10. The van der Waals surface area contributed by atoms with Gasteiger partial charge in [-0.15, -0.1) is 0 Å². The molecular weight excluding hydrogens is 359 g/mol. The van der Waals surface area contributed by atoms with E-state index in [-0.39, 0.29) is 17.9 Å². The number of anilines is 3. The normalized spacial score (nSPS) is 17.4. The van der Waals surface area contributed by atoms with E-state index in [0.29, 0.717) is 30.6 Å². The molecule has 0 bridgehead atoms. The lowest BCUT2D eigenvalue weighted by Crippen LogP contribution is -2.38. The molecule has 0 amide bonds. The average molecular weight is 380 g/mol.